The van der Waals surface area contributed by atoms with E-state index in [1.807, 2.05) is 0 Å². The summed E-state index contributed by atoms with van der Waals surface area (Å²) in [5.41, 5.74) is 0.427. The maximum atomic E-state index is 12.8. The fraction of sp³-hybridized carbons (Fsp3) is 0.611. The zero-order chi connectivity index (χ0) is 18.7. The first-order valence-corrected chi connectivity index (χ1v) is 10.3. The van der Waals surface area contributed by atoms with Crippen LogP contribution in [-0.2, 0) is 10.0 Å². The lowest BCUT2D eigenvalue weighted by Crippen LogP contribution is -2.45. The molecule has 2 rings (SSSR count). The Kier molecular flexibility index (Phi) is 6.21. The van der Waals surface area contributed by atoms with Crippen LogP contribution in [0.4, 0.5) is 4.39 Å². The summed E-state index contributed by atoms with van der Waals surface area (Å²) in [4.78, 5) is 11.9. The van der Waals surface area contributed by atoms with E-state index in [4.69, 9.17) is 0 Å². The number of nitrogens with one attached hydrogen (secondary N) is 2. The normalized spacial score (nSPS) is 23.2. The molecule has 0 saturated heterocycles. The first-order chi connectivity index (χ1) is 11.6. The maximum absolute atomic E-state index is 12.8. The summed E-state index contributed by atoms with van der Waals surface area (Å²) in [7, 11) is -3.46. The van der Waals surface area contributed by atoms with Crippen LogP contribution in [0.25, 0.3) is 0 Å². The van der Waals surface area contributed by atoms with Crippen molar-refractivity contribution in [2.75, 3.05) is 12.3 Å². The van der Waals surface area contributed by atoms with E-state index in [1.54, 1.807) is 0 Å². The van der Waals surface area contributed by atoms with E-state index in [9.17, 15) is 17.6 Å². The van der Waals surface area contributed by atoms with Crippen molar-refractivity contribution in [3.63, 3.8) is 0 Å². The molecule has 0 radical (unpaired) electrons. The minimum atomic E-state index is -3.46. The molecule has 0 aromatic heterocycles. The Balaban J connectivity index is 1.83. The van der Waals surface area contributed by atoms with Gasteiger partial charge >= 0.3 is 0 Å². The molecule has 0 aliphatic heterocycles. The molecule has 1 aliphatic carbocycles. The zero-order valence-electron chi connectivity index (χ0n) is 15.0. The van der Waals surface area contributed by atoms with Gasteiger partial charge in [-0.1, -0.05) is 20.8 Å². The molecule has 1 saturated carbocycles. The second-order valence-electron chi connectivity index (χ2n) is 7.81. The summed E-state index contributed by atoms with van der Waals surface area (Å²) in [5, 5.41) is 2.56. The topological polar surface area (TPSA) is 75.3 Å². The van der Waals surface area contributed by atoms with E-state index in [-0.39, 0.29) is 23.8 Å². The van der Waals surface area contributed by atoms with E-state index < -0.39 is 21.7 Å². The minimum absolute atomic E-state index is 0.0111. The van der Waals surface area contributed by atoms with Gasteiger partial charge in [-0.25, -0.2) is 17.5 Å². The number of carbonyl (C=O) groups is 1. The molecule has 1 aliphatic rings. The predicted molar refractivity (Wildman–Crippen MR) is 96.2 cm³/mol. The Hall–Kier alpha value is -1.47. The summed E-state index contributed by atoms with van der Waals surface area (Å²) in [6.07, 6.45) is 2.75. The molecular weight excluding hydrogens is 343 g/mol. The SMILES string of the molecule is C[C@H]1C[C@@H](NS(=O)(=O)CCNC(=O)c2ccc(F)cc2)CC(C)(C)C1. The highest BCUT2D eigenvalue weighted by Gasteiger charge is 2.33. The lowest BCUT2D eigenvalue weighted by molar-refractivity contribution is 0.0956. The largest absolute Gasteiger partial charge is 0.351 e. The molecule has 0 unspecified atom stereocenters. The fourth-order valence-electron chi connectivity index (χ4n) is 3.75. The highest BCUT2D eigenvalue weighted by molar-refractivity contribution is 7.89. The Labute approximate surface area is 149 Å². The van der Waals surface area contributed by atoms with E-state index in [0.717, 1.165) is 19.3 Å². The molecule has 7 heteroatoms. The maximum Gasteiger partial charge on any atom is 0.251 e. The lowest BCUT2D eigenvalue weighted by atomic mass is 9.71. The minimum Gasteiger partial charge on any atom is -0.351 e. The average molecular weight is 370 g/mol. The first-order valence-electron chi connectivity index (χ1n) is 8.60. The Morgan fingerprint density at radius 3 is 2.48 bits per heavy atom. The van der Waals surface area contributed by atoms with Crippen LogP contribution < -0.4 is 10.0 Å². The van der Waals surface area contributed by atoms with Gasteiger partial charge in [-0.05, 0) is 54.9 Å². The summed E-state index contributed by atoms with van der Waals surface area (Å²) in [5.74, 6) is -0.532. The number of carbonyl (C=O) groups excluding carboxylic acids is 1. The number of hydrogen-bond acceptors (Lipinski definition) is 3. The van der Waals surface area contributed by atoms with Gasteiger partial charge in [0.1, 0.15) is 5.82 Å². The van der Waals surface area contributed by atoms with Crippen LogP contribution in [-0.4, -0.2) is 32.7 Å². The third-order valence-corrected chi connectivity index (χ3v) is 5.93. The number of halogens is 1. The molecule has 2 N–H and O–H groups in total. The van der Waals surface area contributed by atoms with Gasteiger partial charge in [-0.2, -0.15) is 0 Å². The molecule has 5 nitrogen and oxygen atoms in total. The van der Waals surface area contributed by atoms with E-state index in [0.29, 0.717) is 11.5 Å². The molecule has 1 amide bonds. The van der Waals surface area contributed by atoms with Gasteiger partial charge in [-0.15, -0.1) is 0 Å². The number of benzene rings is 1. The van der Waals surface area contributed by atoms with Gasteiger partial charge < -0.3 is 5.32 Å². The lowest BCUT2D eigenvalue weighted by Gasteiger charge is -2.39. The molecule has 0 spiro atoms. The van der Waals surface area contributed by atoms with Crippen molar-refractivity contribution in [1.29, 1.82) is 0 Å². The zero-order valence-corrected chi connectivity index (χ0v) is 15.8. The van der Waals surface area contributed by atoms with E-state index in [1.165, 1.54) is 24.3 Å². The molecule has 1 aromatic carbocycles. The third-order valence-electron chi connectivity index (χ3n) is 4.50. The van der Waals surface area contributed by atoms with Crippen LogP contribution in [0.15, 0.2) is 24.3 Å². The van der Waals surface area contributed by atoms with Crippen LogP contribution >= 0.6 is 0 Å². The van der Waals surface area contributed by atoms with Crippen molar-refractivity contribution in [2.24, 2.45) is 11.3 Å². The standard InChI is InChI=1S/C18H27FN2O3S/c1-13-10-16(12-18(2,3)11-13)21-25(23,24)9-8-20-17(22)14-4-6-15(19)7-5-14/h4-7,13,16,21H,8-12H2,1-3H3,(H,20,22)/t13-,16+/m0/s1. The van der Waals surface area contributed by atoms with Crippen molar-refractivity contribution < 1.29 is 17.6 Å². The van der Waals surface area contributed by atoms with Gasteiger partial charge in [0.15, 0.2) is 0 Å². The van der Waals surface area contributed by atoms with Crippen molar-refractivity contribution in [1.82, 2.24) is 10.0 Å². The summed E-state index contributed by atoms with van der Waals surface area (Å²) >= 11 is 0. The molecule has 2 atom stereocenters. The molecule has 140 valence electrons. The number of sulfonamides is 1. The van der Waals surface area contributed by atoms with Gasteiger partial charge in [0.05, 0.1) is 5.75 Å². The molecule has 0 bridgehead atoms. The molecular formula is C18H27FN2O3S. The molecule has 0 heterocycles. The van der Waals surface area contributed by atoms with Crippen molar-refractivity contribution in [3.8, 4) is 0 Å². The predicted octanol–water partition coefficient (Wildman–Crippen LogP) is 2.69. The molecule has 25 heavy (non-hydrogen) atoms. The highest BCUT2D eigenvalue weighted by Crippen LogP contribution is 2.38. The van der Waals surface area contributed by atoms with Crippen LogP contribution in [0, 0.1) is 17.2 Å². The van der Waals surface area contributed by atoms with Crippen LogP contribution in [0.3, 0.4) is 0 Å². The quantitative estimate of drug-likeness (QED) is 0.808. The smallest absolute Gasteiger partial charge is 0.251 e. The monoisotopic (exact) mass is 370 g/mol. The first kappa shape index (κ1) is 19.8. The summed E-state index contributed by atoms with van der Waals surface area (Å²) in [6, 6.07) is 5.06. The fourth-order valence-corrected chi connectivity index (χ4v) is 4.93. The van der Waals surface area contributed by atoms with Gasteiger partial charge in [0.2, 0.25) is 10.0 Å². The van der Waals surface area contributed by atoms with E-state index >= 15 is 0 Å². The van der Waals surface area contributed by atoms with Gasteiger partial charge in [0, 0.05) is 18.2 Å². The Morgan fingerprint density at radius 1 is 1.24 bits per heavy atom. The third kappa shape index (κ3) is 6.40. The second-order valence-corrected chi connectivity index (χ2v) is 9.68. The van der Waals surface area contributed by atoms with Crippen molar-refractivity contribution in [3.05, 3.63) is 35.6 Å². The number of hydrogen-bond donors (Lipinski definition) is 2. The van der Waals surface area contributed by atoms with Crippen LogP contribution in [0.5, 0.6) is 0 Å². The summed E-state index contributed by atoms with van der Waals surface area (Å²) in [6.45, 7) is 6.47. The Bertz CT molecular complexity index is 702. The Morgan fingerprint density at radius 2 is 1.88 bits per heavy atom. The van der Waals surface area contributed by atoms with Gasteiger partial charge in [-0.3, -0.25) is 4.79 Å². The highest BCUT2D eigenvalue weighted by atomic mass is 32.2. The molecule has 1 fully saturated rings. The van der Waals surface area contributed by atoms with Crippen LogP contribution in [0.1, 0.15) is 50.4 Å². The second kappa shape index (κ2) is 7.83. The van der Waals surface area contributed by atoms with Gasteiger partial charge in [0.25, 0.3) is 5.91 Å². The van der Waals surface area contributed by atoms with Crippen LogP contribution in [0.2, 0.25) is 0 Å². The van der Waals surface area contributed by atoms with E-state index in [2.05, 4.69) is 30.8 Å². The van der Waals surface area contributed by atoms with Crippen molar-refractivity contribution >= 4 is 15.9 Å². The number of amides is 1. The average Bonchev–Trinajstić information content (AvgIpc) is 2.44. The summed E-state index contributed by atoms with van der Waals surface area (Å²) < 4.78 is 40.2. The number of rotatable bonds is 6. The molecule has 1 aromatic rings. The van der Waals surface area contributed by atoms with Crippen molar-refractivity contribution in [2.45, 2.75) is 46.1 Å².